The van der Waals surface area contributed by atoms with E-state index in [1.54, 1.807) is 6.07 Å². The summed E-state index contributed by atoms with van der Waals surface area (Å²) in [5.41, 5.74) is 6.11. The maximum Gasteiger partial charge on any atom is 0.341 e. The second-order valence-electron chi connectivity index (χ2n) is 6.16. The molecule has 3 heterocycles. The number of aromatic carboxylic acids is 1. The third-order valence-corrected chi connectivity index (χ3v) is 4.62. The summed E-state index contributed by atoms with van der Waals surface area (Å²) < 4.78 is 29.1. The maximum absolute atomic E-state index is 14.2. The van der Waals surface area contributed by atoms with Crippen LogP contribution in [0.1, 0.15) is 34.8 Å². The molecule has 3 aromatic rings. The van der Waals surface area contributed by atoms with Gasteiger partial charge in [-0.25, -0.2) is 23.1 Å². The Kier molecular flexibility index (Phi) is 3.71. The normalized spacial score (nSPS) is 17.2. The first-order valence-electron chi connectivity index (χ1n) is 8.04. The third kappa shape index (κ3) is 2.52. The van der Waals surface area contributed by atoms with Gasteiger partial charge in [0.1, 0.15) is 29.3 Å². The van der Waals surface area contributed by atoms with Crippen LogP contribution in [0.5, 0.6) is 0 Å². The van der Waals surface area contributed by atoms with E-state index in [2.05, 4.69) is 10.1 Å². The van der Waals surface area contributed by atoms with Crippen molar-refractivity contribution in [2.75, 3.05) is 17.2 Å². The van der Waals surface area contributed by atoms with Crippen LogP contribution in [0.15, 0.2) is 30.6 Å². The van der Waals surface area contributed by atoms with E-state index in [0.717, 1.165) is 18.6 Å². The highest BCUT2D eigenvalue weighted by molar-refractivity contribution is 6.00. The molecule has 3 N–H and O–H groups in total. The van der Waals surface area contributed by atoms with Crippen molar-refractivity contribution in [3.05, 3.63) is 53.4 Å². The fraction of sp³-hybridized carbons (Fsp3) is 0.235. The summed E-state index contributed by atoms with van der Waals surface area (Å²) in [5, 5.41) is 13.3. The Bertz CT molecular complexity index is 1020. The SMILES string of the molecule is Nc1nn2cnc(N3CCC[C@@H]3c3cc(F)ccc3F)cc2c1C(=O)O. The van der Waals surface area contributed by atoms with Gasteiger partial charge in [0, 0.05) is 18.2 Å². The van der Waals surface area contributed by atoms with Crippen LogP contribution in [0, 0.1) is 11.6 Å². The van der Waals surface area contributed by atoms with Crippen molar-refractivity contribution in [2.45, 2.75) is 18.9 Å². The Morgan fingerprint density at radius 2 is 2.12 bits per heavy atom. The number of hydrogen-bond donors (Lipinski definition) is 2. The lowest BCUT2D eigenvalue weighted by Gasteiger charge is -2.26. The molecule has 0 bridgehead atoms. The van der Waals surface area contributed by atoms with Gasteiger partial charge >= 0.3 is 5.97 Å². The monoisotopic (exact) mass is 359 g/mol. The summed E-state index contributed by atoms with van der Waals surface area (Å²) in [6.45, 7) is 0.593. The van der Waals surface area contributed by atoms with Gasteiger partial charge in [0.25, 0.3) is 0 Å². The molecule has 2 aromatic heterocycles. The number of benzene rings is 1. The molecule has 1 fully saturated rings. The van der Waals surface area contributed by atoms with E-state index < -0.39 is 17.6 Å². The molecule has 1 saturated heterocycles. The molecule has 0 saturated carbocycles. The van der Waals surface area contributed by atoms with E-state index in [1.165, 1.54) is 16.9 Å². The van der Waals surface area contributed by atoms with Crippen molar-refractivity contribution < 1.29 is 18.7 Å². The number of carboxylic acid groups (broad SMARTS) is 1. The van der Waals surface area contributed by atoms with Gasteiger partial charge in [-0.15, -0.1) is 5.10 Å². The van der Waals surface area contributed by atoms with Gasteiger partial charge in [-0.1, -0.05) is 0 Å². The second kappa shape index (κ2) is 5.94. The van der Waals surface area contributed by atoms with Crippen LogP contribution >= 0.6 is 0 Å². The van der Waals surface area contributed by atoms with Crippen molar-refractivity contribution in [3.63, 3.8) is 0 Å². The van der Waals surface area contributed by atoms with Crippen LogP contribution in [0.2, 0.25) is 0 Å². The van der Waals surface area contributed by atoms with E-state index in [4.69, 9.17) is 5.73 Å². The van der Waals surface area contributed by atoms with Crippen LogP contribution in [0.4, 0.5) is 20.4 Å². The van der Waals surface area contributed by atoms with Crippen molar-refractivity contribution in [3.8, 4) is 0 Å². The zero-order valence-corrected chi connectivity index (χ0v) is 13.6. The molecule has 0 radical (unpaired) electrons. The molecule has 9 heteroatoms. The van der Waals surface area contributed by atoms with Crippen LogP contribution in [0.25, 0.3) is 5.52 Å². The average Bonchev–Trinajstić information content (AvgIpc) is 3.19. The van der Waals surface area contributed by atoms with Gasteiger partial charge in [0.15, 0.2) is 5.82 Å². The van der Waals surface area contributed by atoms with Gasteiger partial charge < -0.3 is 15.7 Å². The molecule has 1 aliphatic rings. The summed E-state index contributed by atoms with van der Waals surface area (Å²) in [7, 11) is 0. The number of rotatable bonds is 3. The first-order chi connectivity index (χ1) is 12.5. The number of nitrogens with two attached hydrogens (primary N) is 1. The quantitative estimate of drug-likeness (QED) is 0.746. The predicted octanol–water partition coefficient (Wildman–Crippen LogP) is 2.63. The number of hydrogen-bond acceptors (Lipinski definition) is 5. The maximum atomic E-state index is 14.2. The molecular formula is C17H15F2N5O2. The molecule has 0 unspecified atom stereocenters. The van der Waals surface area contributed by atoms with Crippen LogP contribution in [-0.4, -0.2) is 32.2 Å². The number of fused-ring (bicyclic) bond motifs is 1. The Labute approximate surface area is 146 Å². The molecule has 26 heavy (non-hydrogen) atoms. The fourth-order valence-corrected chi connectivity index (χ4v) is 3.48. The molecule has 4 rings (SSSR count). The first-order valence-corrected chi connectivity index (χ1v) is 8.04. The zero-order valence-electron chi connectivity index (χ0n) is 13.6. The van der Waals surface area contributed by atoms with E-state index in [1.807, 2.05) is 4.90 Å². The number of carboxylic acids is 1. The molecular weight excluding hydrogens is 344 g/mol. The summed E-state index contributed by atoms with van der Waals surface area (Å²) in [5.74, 6) is -1.82. The zero-order chi connectivity index (χ0) is 18.4. The average molecular weight is 359 g/mol. The lowest BCUT2D eigenvalue weighted by molar-refractivity contribution is 0.0700. The molecule has 1 atom stereocenters. The molecule has 1 aromatic carbocycles. The summed E-state index contributed by atoms with van der Waals surface area (Å²) in [6.07, 6.45) is 2.78. The Morgan fingerprint density at radius 1 is 1.31 bits per heavy atom. The second-order valence-corrected chi connectivity index (χ2v) is 6.16. The highest BCUT2D eigenvalue weighted by Gasteiger charge is 2.30. The largest absolute Gasteiger partial charge is 0.477 e. The number of halogens is 2. The smallest absolute Gasteiger partial charge is 0.341 e. The van der Waals surface area contributed by atoms with Crippen LogP contribution < -0.4 is 10.6 Å². The Hall–Kier alpha value is -3.23. The highest BCUT2D eigenvalue weighted by atomic mass is 19.1. The lowest BCUT2D eigenvalue weighted by Crippen LogP contribution is -2.24. The van der Waals surface area contributed by atoms with Crippen molar-refractivity contribution >= 4 is 23.1 Å². The summed E-state index contributed by atoms with van der Waals surface area (Å²) in [4.78, 5) is 17.6. The number of nitrogens with zero attached hydrogens (tertiary/aromatic N) is 4. The molecule has 0 amide bonds. The topological polar surface area (TPSA) is 96.8 Å². The summed E-state index contributed by atoms with van der Waals surface area (Å²) >= 11 is 0. The minimum absolute atomic E-state index is 0.106. The lowest BCUT2D eigenvalue weighted by atomic mass is 10.0. The van der Waals surface area contributed by atoms with E-state index in [-0.39, 0.29) is 23.0 Å². The number of anilines is 2. The number of carbonyl (C=O) groups is 1. The molecule has 7 nitrogen and oxygen atoms in total. The fourth-order valence-electron chi connectivity index (χ4n) is 3.48. The van der Waals surface area contributed by atoms with Crippen LogP contribution in [-0.2, 0) is 0 Å². The van der Waals surface area contributed by atoms with Crippen molar-refractivity contribution in [1.29, 1.82) is 0 Å². The minimum atomic E-state index is -1.19. The van der Waals surface area contributed by atoms with Gasteiger partial charge in [0.05, 0.1) is 11.6 Å². The van der Waals surface area contributed by atoms with Gasteiger partial charge in [-0.2, -0.15) is 0 Å². The van der Waals surface area contributed by atoms with Crippen molar-refractivity contribution in [2.24, 2.45) is 0 Å². The van der Waals surface area contributed by atoms with E-state index in [0.29, 0.717) is 24.3 Å². The van der Waals surface area contributed by atoms with Gasteiger partial charge in [0.2, 0.25) is 0 Å². The summed E-state index contributed by atoms with van der Waals surface area (Å²) in [6, 6.07) is 4.56. The predicted molar refractivity (Wildman–Crippen MR) is 90.0 cm³/mol. The van der Waals surface area contributed by atoms with Crippen LogP contribution in [0.3, 0.4) is 0 Å². The Balaban J connectivity index is 1.80. The molecule has 0 aliphatic carbocycles. The molecule has 0 spiro atoms. The Morgan fingerprint density at radius 3 is 2.88 bits per heavy atom. The minimum Gasteiger partial charge on any atom is -0.477 e. The van der Waals surface area contributed by atoms with E-state index >= 15 is 0 Å². The third-order valence-electron chi connectivity index (χ3n) is 4.62. The van der Waals surface area contributed by atoms with E-state index in [9.17, 15) is 18.7 Å². The van der Waals surface area contributed by atoms with Gasteiger partial charge in [-0.3, -0.25) is 0 Å². The molecule has 1 aliphatic heterocycles. The standard InChI is InChI=1S/C17H15F2N5O2/c18-9-3-4-11(19)10(6-9)12-2-1-5-23(12)14-7-13-15(17(25)26)16(20)22-24(13)8-21-14/h3-4,6-8,12H,1-2,5H2,(H2,20,22)(H,25,26)/t12-/m1/s1. The number of nitrogen functional groups attached to an aromatic ring is 1. The first kappa shape index (κ1) is 16.2. The molecule has 134 valence electrons. The number of aromatic nitrogens is 3. The van der Waals surface area contributed by atoms with Crippen molar-refractivity contribution in [1.82, 2.24) is 14.6 Å². The highest BCUT2D eigenvalue weighted by Crippen LogP contribution is 2.37. The van der Waals surface area contributed by atoms with Gasteiger partial charge in [-0.05, 0) is 31.0 Å².